The van der Waals surface area contributed by atoms with Gasteiger partial charge in [-0.3, -0.25) is 14.4 Å². The van der Waals surface area contributed by atoms with E-state index in [-0.39, 0.29) is 23.7 Å². The van der Waals surface area contributed by atoms with Crippen LogP contribution in [0, 0.1) is 5.92 Å². The van der Waals surface area contributed by atoms with E-state index < -0.39 is 17.8 Å². The number of rotatable bonds is 4. The molecule has 1 aromatic rings. The minimum atomic E-state index is -1.37. The summed E-state index contributed by atoms with van der Waals surface area (Å²) in [5.41, 5.74) is 1.49. The van der Waals surface area contributed by atoms with Crippen molar-refractivity contribution in [1.82, 2.24) is 0 Å². The number of aliphatic imine (C=N–C) groups is 1. The second-order valence-electron chi connectivity index (χ2n) is 5.94. The molecular formula is C18H17NO6. The number of ketones is 1. The van der Waals surface area contributed by atoms with Crippen molar-refractivity contribution < 1.29 is 29.0 Å². The number of benzene rings is 1. The van der Waals surface area contributed by atoms with E-state index in [0.717, 1.165) is 5.56 Å². The summed E-state index contributed by atoms with van der Waals surface area (Å²) in [6.07, 6.45) is 1.84. The van der Waals surface area contributed by atoms with Crippen LogP contribution in [-0.2, 0) is 14.4 Å². The van der Waals surface area contributed by atoms with Crippen LogP contribution in [0.25, 0.3) is 0 Å². The molecule has 0 radical (unpaired) electrons. The van der Waals surface area contributed by atoms with Gasteiger partial charge in [-0.1, -0.05) is 6.07 Å². The van der Waals surface area contributed by atoms with Crippen LogP contribution in [0.3, 0.4) is 0 Å². The van der Waals surface area contributed by atoms with Crippen LogP contribution in [0.1, 0.15) is 24.3 Å². The molecule has 1 heterocycles. The second kappa shape index (κ2) is 6.51. The lowest BCUT2D eigenvalue weighted by atomic mass is 9.77. The van der Waals surface area contributed by atoms with Gasteiger partial charge in [0.25, 0.3) is 5.91 Å². The molecule has 7 nitrogen and oxygen atoms in total. The first-order valence-corrected chi connectivity index (χ1v) is 7.76. The molecule has 1 fully saturated rings. The highest BCUT2D eigenvalue weighted by Gasteiger charge is 2.37. The van der Waals surface area contributed by atoms with E-state index in [4.69, 9.17) is 14.6 Å². The first-order chi connectivity index (χ1) is 11.9. The molecule has 1 aliphatic carbocycles. The molecule has 2 atom stereocenters. The number of carboxylic acids is 1. The first-order valence-electron chi connectivity index (χ1n) is 7.76. The number of allylic oxidation sites excluding steroid dienone is 1. The fraction of sp³-hybridized carbons (Fsp3) is 0.333. The van der Waals surface area contributed by atoms with Crippen LogP contribution in [0.2, 0.25) is 0 Å². The van der Waals surface area contributed by atoms with Crippen molar-refractivity contribution >= 4 is 23.4 Å². The summed E-state index contributed by atoms with van der Waals surface area (Å²) in [6, 6.07) is 5.41. The molecule has 1 aromatic carbocycles. The van der Waals surface area contributed by atoms with Crippen molar-refractivity contribution in [3.63, 3.8) is 0 Å². The molecule has 130 valence electrons. The zero-order valence-corrected chi connectivity index (χ0v) is 13.8. The number of carboxylic acid groups (broad SMARTS) is 1. The molecule has 1 saturated carbocycles. The molecule has 25 heavy (non-hydrogen) atoms. The van der Waals surface area contributed by atoms with Crippen LogP contribution in [0.5, 0.6) is 11.5 Å². The van der Waals surface area contributed by atoms with Crippen molar-refractivity contribution in [1.29, 1.82) is 0 Å². The van der Waals surface area contributed by atoms with Gasteiger partial charge in [0.2, 0.25) is 0 Å². The number of dihydropyridines is 1. The number of methoxy groups -OCH3 is 2. The van der Waals surface area contributed by atoms with Crippen molar-refractivity contribution in [3.05, 3.63) is 35.4 Å². The molecule has 1 aliphatic heterocycles. The van der Waals surface area contributed by atoms with Gasteiger partial charge in [0.05, 0.1) is 19.9 Å². The van der Waals surface area contributed by atoms with Gasteiger partial charge >= 0.3 is 5.97 Å². The highest BCUT2D eigenvalue weighted by atomic mass is 16.5. The number of nitrogens with zero attached hydrogens (tertiary/aromatic N) is 1. The monoisotopic (exact) mass is 343 g/mol. The predicted octanol–water partition coefficient (Wildman–Crippen LogP) is 1.76. The van der Waals surface area contributed by atoms with Crippen LogP contribution < -0.4 is 9.47 Å². The Bertz CT molecular complexity index is 823. The minimum Gasteiger partial charge on any atom is -0.493 e. The first kappa shape index (κ1) is 16.9. The van der Waals surface area contributed by atoms with E-state index in [1.54, 1.807) is 19.2 Å². The molecule has 2 aliphatic rings. The number of carbonyl (C=O) groups is 3. The summed E-state index contributed by atoms with van der Waals surface area (Å²) in [5, 5.41) is 9.05. The van der Waals surface area contributed by atoms with Crippen molar-refractivity contribution in [3.8, 4) is 11.5 Å². The zero-order valence-electron chi connectivity index (χ0n) is 13.8. The number of ether oxygens (including phenoxy) is 2. The van der Waals surface area contributed by atoms with Gasteiger partial charge in [-0.25, -0.2) is 4.99 Å². The Labute approximate surface area is 144 Å². The Kier molecular flexibility index (Phi) is 4.39. The number of Topliss-reactive ketones (excluding diaryl/α,β-unsaturated/α-hetero) is 1. The lowest BCUT2D eigenvalue weighted by Gasteiger charge is -2.27. The van der Waals surface area contributed by atoms with Crippen LogP contribution >= 0.6 is 0 Å². The fourth-order valence-electron chi connectivity index (χ4n) is 3.17. The lowest BCUT2D eigenvalue weighted by molar-refractivity contribution is -0.143. The number of hydrogen-bond acceptors (Lipinski definition) is 5. The molecule has 1 amide bonds. The van der Waals surface area contributed by atoms with Gasteiger partial charge in [-0.05, 0) is 36.1 Å². The van der Waals surface area contributed by atoms with E-state index >= 15 is 0 Å². The van der Waals surface area contributed by atoms with Gasteiger partial charge in [0.15, 0.2) is 23.2 Å². The van der Waals surface area contributed by atoms with Crippen molar-refractivity contribution in [2.45, 2.75) is 18.8 Å². The lowest BCUT2D eigenvalue weighted by Crippen LogP contribution is -2.33. The summed E-state index contributed by atoms with van der Waals surface area (Å²) in [5.74, 6) is -2.63. The van der Waals surface area contributed by atoms with Crippen LogP contribution in [0.4, 0.5) is 0 Å². The third-order valence-electron chi connectivity index (χ3n) is 4.47. The maximum atomic E-state index is 12.5. The van der Waals surface area contributed by atoms with E-state index in [1.165, 1.54) is 13.2 Å². The Morgan fingerprint density at radius 2 is 1.88 bits per heavy atom. The number of fused-ring (bicyclic) bond motifs is 1. The van der Waals surface area contributed by atoms with E-state index in [1.807, 2.05) is 6.07 Å². The molecule has 3 rings (SSSR count). The molecular weight excluding hydrogens is 326 g/mol. The van der Waals surface area contributed by atoms with Gasteiger partial charge in [-0.2, -0.15) is 0 Å². The highest BCUT2D eigenvalue weighted by Crippen LogP contribution is 2.38. The number of carbonyl (C=O) groups excluding carboxylic acids is 2. The smallest absolute Gasteiger partial charge is 0.320 e. The zero-order chi connectivity index (χ0) is 18.1. The Balaban J connectivity index is 1.91. The normalized spacial score (nSPS) is 22.6. The third-order valence-corrected chi connectivity index (χ3v) is 4.47. The van der Waals surface area contributed by atoms with Gasteiger partial charge in [0.1, 0.15) is 0 Å². The van der Waals surface area contributed by atoms with Gasteiger partial charge in [0, 0.05) is 12.0 Å². The third kappa shape index (κ3) is 3.05. The van der Waals surface area contributed by atoms with E-state index in [9.17, 15) is 14.4 Å². The molecule has 0 spiro atoms. The van der Waals surface area contributed by atoms with Crippen LogP contribution in [-0.4, -0.2) is 42.7 Å². The Morgan fingerprint density at radius 3 is 2.52 bits per heavy atom. The number of hydrogen-bond donors (Lipinski definition) is 1. The summed E-state index contributed by atoms with van der Waals surface area (Å²) >= 11 is 0. The SMILES string of the molecule is COc1ccc(C2CC(=O)C3=CC(C(=O)O)C(=O)N=C3C2)cc1OC. The summed E-state index contributed by atoms with van der Waals surface area (Å²) in [4.78, 5) is 39.3. The Morgan fingerprint density at radius 1 is 1.16 bits per heavy atom. The predicted molar refractivity (Wildman–Crippen MR) is 88.2 cm³/mol. The Hall–Kier alpha value is -2.96. The highest BCUT2D eigenvalue weighted by molar-refractivity contribution is 6.29. The summed E-state index contributed by atoms with van der Waals surface area (Å²) < 4.78 is 10.5. The second-order valence-corrected chi connectivity index (χ2v) is 5.94. The quantitative estimate of drug-likeness (QED) is 0.836. The van der Waals surface area contributed by atoms with Crippen molar-refractivity contribution in [2.75, 3.05) is 14.2 Å². The fourth-order valence-corrected chi connectivity index (χ4v) is 3.17. The van der Waals surface area contributed by atoms with Gasteiger partial charge in [-0.15, -0.1) is 0 Å². The maximum absolute atomic E-state index is 12.5. The molecule has 0 aromatic heterocycles. The average Bonchev–Trinajstić information content (AvgIpc) is 2.60. The van der Waals surface area contributed by atoms with E-state index in [0.29, 0.717) is 23.6 Å². The minimum absolute atomic E-state index is 0.155. The van der Waals surface area contributed by atoms with Gasteiger partial charge < -0.3 is 14.6 Å². The topological polar surface area (TPSA) is 102 Å². The average molecular weight is 343 g/mol. The molecule has 7 heteroatoms. The summed E-state index contributed by atoms with van der Waals surface area (Å²) in [6.45, 7) is 0. The van der Waals surface area contributed by atoms with Crippen molar-refractivity contribution in [2.24, 2.45) is 10.9 Å². The number of amides is 1. The van der Waals surface area contributed by atoms with Crippen LogP contribution in [0.15, 0.2) is 34.8 Å². The standard InChI is InChI=1S/C18H17NO6/c1-24-15-4-3-9(7-16(15)25-2)10-5-13-11(14(20)6-10)8-12(18(22)23)17(21)19-13/h3-4,7-8,10,12H,5-6H2,1-2H3,(H,22,23). The molecule has 0 saturated heterocycles. The molecule has 2 unspecified atom stereocenters. The summed E-state index contributed by atoms with van der Waals surface area (Å²) in [7, 11) is 3.07. The molecule has 1 N–H and O–H groups in total. The largest absolute Gasteiger partial charge is 0.493 e. The van der Waals surface area contributed by atoms with E-state index in [2.05, 4.69) is 4.99 Å². The maximum Gasteiger partial charge on any atom is 0.320 e. The molecule has 0 bridgehead atoms. The number of aliphatic carboxylic acids is 1.